The van der Waals surface area contributed by atoms with Crippen LogP contribution < -0.4 is 10.6 Å². The van der Waals surface area contributed by atoms with Gasteiger partial charge < -0.3 is 10.6 Å². The first kappa shape index (κ1) is 19.8. The van der Waals surface area contributed by atoms with E-state index in [1.807, 2.05) is 36.4 Å². The molecule has 0 saturated heterocycles. The van der Waals surface area contributed by atoms with E-state index in [2.05, 4.69) is 73.0 Å². The van der Waals surface area contributed by atoms with E-state index in [-0.39, 0.29) is 11.9 Å². The molecule has 0 aliphatic rings. The number of nitrogens with two attached hydrogens (primary N) is 1. The molecule has 3 nitrogen and oxygen atoms in total. The van der Waals surface area contributed by atoms with Crippen molar-refractivity contribution in [3.63, 3.8) is 0 Å². The average Bonchev–Trinajstić information content (AvgIpc) is 2.75. The molecule has 2 atom stereocenters. The summed E-state index contributed by atoms with van der Waals surface area (Å²) in [6, 6.07) is 29.3. The Balaban J connectivity index is 1.60. The fourth-order valence-electron chi connectivity index (χ4n) is 3.36. The molecule has 0 unspecified atom stereocenters. The molecule has 0 spiro atoms. The van der Waals surface area contributed by atoms with Gasteiger partial charge in [0.25, 0.3) is 5.91 Å². The van der Waals surface area contributed by atoms with Gasteiger partial charge in [0.2, 0.25) is 0 Å². The van der Waals surface area contributed by atoms with Crippen molar-refractivity contribution >= 4 is 5.91 Å². The zero-order chi connectivity index (χ0) is 19.8. The van der Waals surface area contributed by atoms with Gasteiger partial charge in [0.15, 0.2) is 6.54 Å². The van der Waals surface area contributed by atoms with E-state index in [4.69, 9.17) is 0 Å². The van der Waals surface area contributed by atoms with Crippen LogP contribution in [0, 0.1) is 6.92 Å². The minimum atomic E-state index is 0.0656. The highest BCUT2D eigenvalue weighted by Gasteiger charge is 2.19. The van der Waals surface area contributed by atoms with Gasteiger partial charge in [-0.25, -0.2) is 0 Å². The zero-order valence-electron chi connectivity index (χ0n) is 16.6. The van der Waals surface area contributed by atoms with Crippen molar-refractivity contribution in [2.45, 2.75) is 25.8 Å². The summed E-state index contributed by atoms with van der Waals surface area (Å²) in [6.45, 7) is 5.27. The molecule has 3 rings (SSSR count). The SMILES string of the molecule is Cc1ccc([C@H]([NH2+]CC(=O)NC[C@@H](C)c2ccccc2)c2ccccc2)cc1. The molecule has 3 heteroatoms. The molecule has 3 N–H and O–H groups in total. The molecule has 0 saturated carbocycles. The van der Waals surface area contributed by atoms with Crippen LogP contribution in [-0.2, 0) is 4.79 Å². The summed E-state index contributed by atoms with van der Waals surface area (Å²) in [4.78, 5) is 12.5. The Morgan fingerprint density at radius 3 is 1.96 bits per heavy atom. The Kier molecular flexibility index (Phi) is 6.99. The zero-order valence-corrected chi connectivity index (χ0v) is 16.6. The third-order valence-corrected chi connectivity index (χ3v) is 5.11. The lowest BCUT2D eigenvalue weighted by Crippen LogP contribution is -2.87. The van der Waals surface area contributed by atoms with Crippen molar-refractivity contribution in [1.29, 1.82) is 0 Å². The summed E-state index contributed by atoms with van der Waals surface area (Å²) >= 11 is 0. The Hall–Kier alpha value is -2.91. The monoisotopic (exact) mass is 373 g/mol. The van der Waals surface area contributed by atoms with Crippen molar-refractivity contribution in [3.8, 4) is 0 Å². The fourth-order valence-corrected chi connectivity index (χ4v) is 3.36. The Morgan fingerprint density at radius 2 is 1.36 bits per heavy atom. The number of nitrogens with one attached hydrogen (secondary N) is 1. The van der Waals surface area contributed by atoms with Crippen LogP contribution in [0.2, 0.25) is 0 Å². The predicted octanol–water partition coefficient (Wildman–Crippen LogP) is 3.57. The second kappa shape index (κ2) is 9.86. The Bertz CT molecular complexity index is 860. The topological polar surface area (TPSA) is 45.7 Å². The van der Waals surface area contributed by atoms with E-state index in [0.29, 0.717) is 19.0 Å². The molecular formula is C25H29N2O+. The van der Waals surface area contributed by atoms with Gasteiger partial charge in [-0.1, -0.05) is 97.4 Å². The molecule has 0 radical (unpaired) electrons. The molecule has 0 aliphatic carbocycles. The van der Waals surface area contributed by atoms with Crippen LogP contribution in [0.3, 0.4) is 0 Å². The molecule has 1 amide bonds. The van der Waals surface area contributed by atoms with Crippen LogP contribution >= 0.6 is 0 Å². The van der Waals surface area contributed by atoms with Crippen molar-refractivity contribution in [1.82, 2.24) is 5.32 Å². The van der Waals surface area contributed by atoms with Crippen molar-refractivity contribution in [2.24, 2.45) is 0 Å². The molecule has 3 aromatic rings. The van der Waals surface area contributed by atoms with Gasteiger partial charge in [0.1, 0.15) is 6.04 Å². The highest BCUT2D eigenvalue weighted by molar-refractivity contribution is 5.76. The first-order chi connectivity index (χ1) is 13.6. The number of hydrogen-bond donors (Lipinski definition) is 2. The van der Waals surface area contributed by atoms with Crippen LogP contribution in [0.5, 0.6) is 0 Å². The molecule has 0 aromatic heterocycles. The minimum Gasteiger partial charge on any atom is -0.351 e. The maximum Gasteiger partial charge on any atom is 0.275 e. The lowest BCUT2D eigenvalue weighted by atomic mass is 9.98. The number of hydrogen-bond acceptors (Lipinski definition) is 1. The summed E-state index contributed by atoms with van der Waals surface area (Å²) in [5, 5.41) is 5.19. The second-order valence-corrected chi connectivity index (χ2v) is 7.35. The maximum absolute atomic E-state index is 12.5. The quantitative estimate of drug-likeness (QED) is 0.623. The summed E-state index contributed by atoms with van der Waals surface area (Å²) in [6.07, 6.45) is 0. The largest absolute Gasteiger partial charge is 0.351 e. The smallest absolute Gasteiger partial charge is 0.275 e. The lowest BCUT2D eigenvalue weighted by molar-refractivity contribution is -0.676. The normalized spacial score (nSPS) is 12.9. The molecule has 3 aromatic carbocycles. The molecule has 28 heavy (non-hydrogen) atoms. The molecule has 0 heterocycles. The van der Waals surface area contributed by atoms with Gasteiger partial charge in [-0.2, -0.15) is 0 Å². The fraction of sp³-hybridized carbons (Fsp3) is 0.240. The van der Waals surface area contributed by atoms with E-state index < -0.39 is 0 Å². The summed E-state index contributed by atoms with van der Waals surface area (Å²) in [7, 11) is 0. The lowest BCUT2D eigenvalue weighted by Gasteiger charge is -2.17. The van der Waals surface area contributed by atoms with Gasteiger partial charge in [-0.15, -0.1) is 0 Å². The van der Waals surface area contributed by atoms with E-state index in [0.717, 1.165) is 0 Å². The third-order valence-electron chi connectivity index (χ3n) is 5.11. The van der Waals surface area contributed by atoms with E-state index >= 15 is 0 Å². The van der Waals surface area contributed by atoms with Gasteiger partial charge >= 0.3 is 0 Å². The standard InChI is InChI=1S/C25H28N2O/c1-19-13-15-23(16-14-19)25(22-11-7-4-8-12-22)27-18-24(28)26-17-20(2)21-9-5-3-6-10-21/h3-16,20,25,27H,17-18H2,1-2H3,(H,26,28)/p+1/t20-,25-/m1/s1. The number of amides is 1. The number of carbonyl (C=O) groups excluding carboxylic acids is 1. The number of aryl methyl sites for hydroxylation is 1. The first-order valence-electron chi connectivity index (χ1n) is 9.90. The van der Waals surface area contributed by atoms with Gasteiger partial charge in [-0.3, -0.25) is 4.79 Å². The molecular weight excluding hydrogens is 344 g/mol. The summed E-state index contributed by atoms with van der Waals surface area (Å²) in [5.41, 5.74) is 4.90. The summed E-state index contributed by atoms with van der Waals surface area (Å²) in [5.74, 6) is 0.364. The number of carbonyl (C=O) groups is 1. The summed E-state index contributed by atoms with van der Waals surface area (Å²) < 4.78 is 0. The third kappa shape index (κ3) is 5.54. The molecule has 0 aliphatic heterocycles. The van der Waals surface area contributed by atoms with Crippen LogP contribution in [0.25, 0.3) is 0 Å². The van der Waals surface area contributed by atoms with Crippen molar-refractivity contribution in [2.75, 3.05) is 13.1 Å². The number of rotatable bonds is 8. The number of quaternary nitrogens is 1. The maximum atomic E-state index is 12.5. The highest BCUT2D eigenvalue weighted by atomic mass is 16.1. The second-order valence-electron chi connectivity index (χ2n) is 7.35. The van der Waals surface area contributed by atoms with Gasteiger partial charge in [-0.05, 0) is 18.4 Å². The van der Waals surface area contributed by atoms with E-state index in [1.54, 1.807) is 0 Å². The van der Waals surface area contributed by atoms with Crippen molar-refractivity contribution < 1.29 is 10.1 Å². The van der Waals surface area contributed by atoms with Crippen LogP contribution in [0.4, 0.5) is 0 Å². The number of benzene rings is 3. The first-order valence-corrected chi connectivity index (χ1v) is 9.90. The van der Waals surface area contributed by atoms with Crippen LogP contribution in [0.1, 0.15) is 41.1 Å². The predicted molar refractivity (Wildman–Crippen MR) is 114 cm³/mol. The molecule has 0 bridgehead atoms. The Labute approximate surface area is 167 Å². The van der Waals surface area contributed by atoms with Gasteiger partial charge in [0, 0.05) is 17.7 Å². The Morgan fingerprint density at radius 1 is 0.821 bits per heavy atom. The van der Waals surface area contributed by atoms with Crippen molar-refractivity contribution in [3.05, 3.63) is 107 Å². The average molecular weight is 374 g/mol. The molecule has 0 fully saturated rings. The van der Waals surface area contributed by atoms with Crippen LogP contribution in [-0.4, -0.2) is 19.0 Å². The molecule has 144 valence electrons. The van der Waals surface area contributed by atoms with E-state index in [1.165, 1.54) is 22.3 Å². The van der Waals surface area contributed by atoms with E-state index in [9.17, 15) is 4.79 Å². The van der Waals surface area contributed by atoms with Gasteiger partial charge in [0.05, 0.1) is 0 Å². The minimum absolute atomic E-state index is 0.0656. The highest BCUT2D eigenvalue weighted by Crippen LogP contribution is 2.18. The van der Waals surface area contributed by atoms with Crippen LogP contribution in [0.15, 0.2) is 84.9 Å².